The Hall–Kier alpha value is -2.36. The molecule has 2 aromatic rings. The molecule has 0 aliphatic rings. The van der Waals surface area contributed by atoms with Crippen molar-refractivity contribution in [2.24, 2.45) is 0 Å². The van der Waals surface area contributed by atoms with E-state index in [0.29, 0.717) is 17.2 Å². The van der Waals surface area contributed by atoms with E-state index < -0.39 is 0 Å². The fourth-order valence-electron chi connectivity index (χ4n) is 1.87. The summed E-state index contributed by atoms with van der Waals surface area (Å²) in [6.07, 6.45) is 0.763. The fraction of sp³-hybridized carbons (Fsp3) is 0.200. The van der Waals surface area contributed by atoms with Gasteiger partial charge in [0, 0.05) is 6.92 Å². The Kier molecular flexibility index (Phi) is 3.80. The number of anilines is 2. The number of phenols is 1. The van der Waals surface area contributed by atoms with Gasteiger partial charge in [-0.15, -0.1) is 0 Å². The number of carbonyl (C=O) groups is 1. The van der Waals surface area contributed by atoms with Crippen LogP contribution in [0.15, 0.2) is 36.4 Å². The van der Waals surface area contributed by atoms with E-state index in [2.05, 4.69) is 10.3 Å². The number of nitrogens with one attached hydrogen (secondary N) is 1. The molecule has 0 aliphatic heterocycles. The van der Waals surface area contributed by atoms with Crippen LogP contribution in [0.25, 0.3) is 0 Å². The van der Waals surface area contributed by atoms with Crippen molar-refractivity contribution in [3.63, 3.8) is 0 Å². The summed E-state index contributed by atoms with van der Waals surface area (Å²) in [5.74, 6) is 0.634. The Morgan fingerprint density at radius 1 is 1.26 bits per heavy atom. The Morgan fingerprint density at radius 3 is 2.63 bits per heavy atom. The van der Waals surface area contributed by atoms with Crippen molar-refractivity contribution >= 4 is 17.3 Å². The van der Waals surface area contributed by atoms with E-state index >= 15 is 0 Å². The van der Waals surface area contributed by atoms with Gasteiger partial charge in [0.15, 0.2) is 5.78 Å². The summed E-state index contributed by atoms with van der Waals surface area (Å²) < 4.78 is 0. The lowest BCUT2D eigenvalue weighted by atomic mass is 10.1. The molecule has 4 heteroatoms. The molecule has 0 bridgehead atoms. The van der Waals surface area contributed by atoms with Gasteiger partial charge in [0.05, 0.1) is 5.69 Å². The Balaban J connectivity index is 2.34. The number of carbonyl (C=O) groups excluding carboxylic acids is 1. The summed E-state index contributed by atoms with van der Waals surface area (Å²) in [4.78, 5) is 15.9. The molecule has 1 heterocycles. The fourth-order valence-corrected chi connectivity index (χ4v) is 1.87. The lowest BCUT2D eigenvalue weighted by Crippen LogP contribution is -2.05. The first kappa shape index (κ1) is 13.1. The molecule has 2 N–H and O–H groups in total. The molecule has 0 amide bonds. The van der Waals surface area contributed by atoms with Gasteiger partial charge in [-0.05, 0) is 30.2 Å². The van der Waals surface area contributed by atoms with Crippen molar-refractivity contribution < 1.29 is 9.90 Å². The number of benzene rings is 1. The molecule has 0 saturated heterocycles. The number of aromatic hydroxyl groups is 1. The second-order valence-corrected chi connectivity index (χ2v) is 4.26. The quantitative estimate of drug-likeness (QED) is 0.651. The van der Waals surface area contributed by atoms with Crippen LogP contribution in [0, 0.1) is 0 Å². The third kappa shape index (κ3) is 2.91. The number of hydrogen-bond acceptors (Lipinski definition) is 4. The first-order valence-corrected chi connectivity index (χ1v) is 6.17. The van der Waals surface area contributed by atoms with E-state index in [9.17, 15) is 9.90 Å². The largest absolute Gasteiger partial charge is 0.506 e. The summed E-state index contributed by atoms with van der Waals surface area (Å²) in [5.41, 5.74) is 1.96. The van der Waals surface area contributed by atoms with Gasteiger partial charge in [0.2, 0.25) is 0 Å². The van der Waals surface area contributed by atoms with E-state index in [1.165, 1.54) is 6.92 Å². The number of nitrogens with zero attached hydrogens (tertiary/aromatic N) is 1. The standard InChI is InChI=1S/C15H16N2O2/c1-3-11-8-9-14(17-15(11)10(2)18)16-12-6-4-5-7-13(12)19/h4-9,19H,3H2,1-2H3,(H,16,17). The molecule has 0 radical (unpaired) electrons. The molecule has 0 spiro atoms. The minimum atomic E-state index is -0.0576. The van der Waals surface area contributed by atoms with Crippen LogP contribution in [0.5, 0.6) is 5.75 Å². The summed E-state index contributed by atoms with van der Waals surface area (Å²) in [6.45, 7) is 3.49. The van der Waals surface area contributed by atoms with Gasteiger partial charge >= 0.3 is 0 Å². The van der Waals surface area contributed by atoms with Crippen molar-refractivity contribution in [3.8, 4) is 5.75 Å². The summed E-state index contributed by atoms with van der Waals surface area (Å²) in [7, 11) is 0. The van der Waals surface area contributed by atoms with Crippen LogP contribution in [0.1, 0.15) is 29.9 Å². The van der Waals surface area contributed by atoms with Crippen LogP contribution in [0.4, 0.5) is 11.5 Å². The number of hydrogen-bond donors (Lipinski definition) is 2. The van der Waals surface area contributed by atoms with Gasteiger partial charge < -0.3 is 10.4 Å². The molecule has 4 nitrogen and oxygen atoms in total. The van der Waals surface area contributed by atoms with Crippen LogP contribution in [-0.4, -0.2) is 15.9 Å². The van der Waals surface area contributed by atoms with Gasteiger partial charge in [-0.25, -0.2) is 4.98 Å². The highest BCUT2D eigenvalue weighted by Crippen LogP contribution is 2.25. The lowest BCUT2D eigenvalue weighted by Gasteiger charge is -2.10. The Morgan fingerprint density at radius 2 is 2.00 bits per heavy atom. The van der Waals surface area contributed by atoms with Gasteiger partial charge in [-0.3, -0.25) is 4.79 Å². The van der Waals surface area contributed by atoms with Crippen LogP contribution in [0.3, 0.4) is 0 Å². The highest BCUT2D eigenvalue weighted by atomic mass is 16.3. The van der Waals surface area contributed by atoms with Crippen LogP contribution in [-0.2, 0) is 6.42 Å². The summed E-state index contributed by atoms with van der Waals surface area (Å²) in [5, 5.41) is 12.7. The molecule has 0 fully saturated rings. The summed E-state index contributed by atoms with van der Waals surface area (Å²) in [6, 6.07) is 10.6. The molecular weight excluding hydrogens is 240 g/mol. The molecule has 2 rings (SSSR count). The normalized spacial score (nSPS) is 10.2. The second-order valence-electron chi connectivity index (χ2n) is 4.26. The lowest BCUT2D eigenvalue weighted by molar-refractivity contribution is 0.101. The minimum Gasteiger partial charge on any atom is -0.506 e. The van der Waals surface area contributed by atoms with Crippen molar-refractivity contribution in [3.05, 3.63) is 47.7 Å². The Bertz CT molecular complexity index is 609. The number of ketones is 1. The molecular formula is C15H16N2O2. The molecule has 0 atom stereocenters. The minimum absolute atomic E-state index is 0.0576. The maximum absolute atomic E-state index is 11.6. The number of rotatable bonds is 4. The molecule has 1 aromatic heterocycles. The topological polar surface area (TPSA) is 62.2 Å². The molecule has 19 heavy (non-hydrogen) atoms. The number of phenolic OH excluding ortho intramolecular Hbond substituents is 1. The first-order valence-electron chi connectivity index (χ1n) is 6.17. The zero-order chi connectivity index (χ0) is 13.8. The predicted octanol–water partition coefficient (Wildman–Crippen LogP) is 3.30. The van der Waals surface area contributed by atoms with Crippen LogP contribution >= 0.6 is 0 Å². The van der Waals surface area contributed by atoms with Crippen molar-refractivity contribution in [2.75, 3.05) is 5.32 Å². The third-order valence-electron chi connectivity index (χ3n) is 2.86. The van der Waals surface area contributed by atoms with Crippen molar-refractivity contribution in [1.29, 1.82) is 0 Å². The molecule has 0 saturated carbocycles. The van der Waals surface area contributed by atoms with Gasteiger partial charge in [-0.1, -0.05) is 25.1 Å². The first-order chi connectivity index (χ1) is 9.11. The molecule has 0 unspecified atom stereocenters. The second kappa shape index (κ2) is 5.52. The summed E-state index contributed by atoms with van der Waals surface area (Å²) >= 11 is 0. The smallest absolute Gasteiger partial charge is 0.178 e. The van der Waals surface area contributed by atoms with E-state index in [0.717, 1.165) is 12.0 Å². The highest BCUT2D eigenvalue weighted by Gasteiger charge is 2.09. The molecule has 1 aromatic carbocycles. The van der Waals surface area contributed by atoms with E-state index in [1.54, 1.807) is 24.3 Å². The van der Waals surface area contributed by atoms with E-state index in [1.807, 2.05) is 19.1 Å². The van der Waals surface area contributed by atoms with Gasteiger partial charge in [0.1, 0.15) is 17.3 Å². The van der Waals surface area contributed by atoms with E-state index in [-0.39, 0.29) is 11.5 Å². The number of aromatic nitrogens is 1. The van der Waals surface area contributed by atoms with Gasteiger partial charge in [-0.2, -0.15) is 0 Å². The predicted molar refractivity (Wildman–Crippen MR) is 75.0 cm³/mol. The zero-order valence-electron chi connectivity index (χ0n) is 11.0. The van der Waals surface area contributed by atoms with Crippen molar-refractivity contribution in [1.82, 2.24) is 4.98 Å². The Labute approximate surface area is 112 Å². The van der Waals surface area contributed by atoms with E-state index in [4.69, 9.17) is 0 Å². The third-order valence-corrected chi connectivity index (χ3v) is 2.86. The number of para-hydroxylation sites is 2. The average Bonchev–Trinajstić information content (AvgIpc) is 2.41. The SMILES string of the molecule is CCc1ccc(Nc2ccccc2O)nc1C(C)=O. The van der Waals surface area contributed by atoms with Crippen LogP contribution in [0.2, 0.25) is 0 Å². The van der Waals surface area contributed by atoms with Crippen LogP contribution < -0.4 is 5.32 Å². The molecule has 0 aliphatic carbocycles. The van der Waals surface area contributed by atoms with Crippen molar-refractivity contribution in [2.45, 2.75) is 20.3 Å². The average molecular weight is 256 g/mol. The highest BCUT2D eigenvalue weighted by molar-refractivity contribution is 5.94. The number of aryl methyl sites for hydroxylation is 1. The maximum Gasteiger partial charge on any atom is 0.178 e. The number of Topliss-reactive ketones (excluding diaryl/α,β-unsaturated/α-hetero) is 1. The monoisotopic (exact) mass is 256 g/mol. The molecule has 98 valence electrons. The van der Waals surface area contributed by atoms with Gasteiger partial charge in [0.25, 0.3) is 0 Å². The maximum atomic E-state index is 11.6. The number of pyridine rings is 1. The zero-order valence-corrected chi connectivity index (χ0v) is 11.0.